The maximum absolute atomic E-state index is 7.65. The summed E-state index contributed by atoms with van der Waals surface area (Å²) in [5.41, 5.74) is 9.32. The van der Waals surface area contributed by atoms with Gasteiger partial charge in [0.25, 0.3) is 0 Å². The normalized spacial score (nSPS) is 86.0. The first-order valence-electron chi connectivity index (χ1n) is 9.92. The van der Waals surface area contributed by atoms with Crippen molar-refractivity contribution in [3.8, 4) is 0 Å². The van der Waals surface area contributed by atoms with E-state index >= 15 is 0 Å². The van der Waals surface area contributed by atoms with Crippen LogP contribution in [0.1, 0.15) is 45.4 Å². The monoisotopic (exact) mass is 281 g/mol. The van der Waals surface area contributed by atoms with Crippen LogP contribution in [0.15, 0.2) is 0 Å². The molecule has 8 rings (SSSR count). The molecule has 0 aromatic carbocycles. The van der Waals surface area contributed by atoms with Crippen LogP contribution in [0.5, 0.6) is 0 Å². The van der Waals surface area contributed by atoms with E-state index in [1.54, 1.807) is 38.5 Å². The predicted octanol–water partition coefficient (Wildman–Crippen LogP) is 3.29. The molecule has 8 aliphatic carbocycles. The molecule has 8 aliphatic rings. The minimum atomic E-state index is 0.314. The molecule has 0 saturated heterocycles. The van der Waals surface area contributed by atoms with Crippen molar-refractivity contribution >= 4 is 0 Å². The summed E-state index contributed by atoms with van der Waals surface area (Å²) in [7, 11) is 0. The lowest BCUT2D eigenvalue weighted by atomic mass is 9.19. The van der Waals surface area contributed by atoms with Crippen LogP contribution in [0.25, 0.3) is 0 Å². The average molecular weight is 281 g/mol. The second-order valence-electron chi connectivity index (χ2n) is 11.1. The Labute approximate surface area is 127 Å². The van der Waals surface area contributed by atoms with Gasteiger partial charge in [-0.2, -0.15) is 0 Å². The van der Waals surface area contributed by atoms with Crippen molar-refractivity contribution in [2.45, 2.75) is 51.0 Å². The van der Waals surface area contributed by atoms with E-state index in [-0.39, 0.29) is 0 Å². The molecule has 2 N–H and O–H groups in total. The van der Waals surface area contributed by atoms with E-state index in [1.807, 2.05) is 0 Å². The van der Waals surface area contributed by atoms with Crippen LogP contribution >= 0.6 is 0 Å². The van der Waals surface area contributed by atoms with Gasteiger partial charge in [-0.3, -0.25) is 0 Å². The highest BCUT2D eigenvalue weighted by molar-refractivity contribution is 5.45. The third-order valence-electron chi connectivity index (χ3n) is 11.7. The minimum Gasteiger partial charge on any atom is -0.324 e. The second-order valence-corrected chi connectivity index (χ2v) is 11.1. The predicted molar refractivity (Wildman–Crippen MR) is 80.1 cm³/mol. The summed E-state index contributed by atoms with van der Waals surface area (Å²) in [6.07, 6.45) is 9.45. The third-order valence-corrected chi connectivity index (χ3v) is 11.7. The smallest absolute Gasteiger partial charge is 0.0290 e. The fraction of sp³-hybridized carbons (Fsp3) is 1.00. The summed E-state index contributed by atoms with van der Waals surface area (Å²) in [5.74, 6) is 10.7. The highest BCUT2D eigenvalue weighted by atomic mass is 15.1. The van der Waals surface area contributed by atoms with E-state index < -0.39 is 0 Å². The number of hydrogen-bond acceptors (Lipinski definition) is 1. The number of hydrogen-bond donors (Lipinski definition) is 1. The Kier molecular flexibility index (Phi) is 1.25. The van der Waals surface area contributed by atoms with Crippen LogP contribution in [0.4, 0.5) is 0 Å². The maximum Gasteiger partial charge on any atom is 0.0290 e. The fourth-order valence-electron chi connectivity index (χ4n) is 12.4. The van der Waals surface area contributed by atoms with Crippen molar-refractivity contribution in [2.75, 3.05) is 0 Å². The lowest BCUT2D eigenvalue weighted by molar-refractivity contribution is -0.363. The Morgan fingerprint density at radius 3 is 1.95 bits per heavy atom. The van der Waals surface area contributed by atoms with Crippen molar-refractivity contribution < 1.29 is 0 Å². The van der Waals surface area contributed by atoms with Gasteiger partial charge in [0.05, 0.1) is 0 Å². The van der Waals surface area contributed by atoms with Gasteiger partial charge in [0.15, 0.2) is 0 Å². The van der Waals surface area contributed by atoms with Gasteiger partial charge in [-0.15, -0.1) is 0 Å². The zero-order valence-electron chi connectivity index (χ0n) is 13.1. The van der Waals surface area contributed by atoms with Crippen molar-refractivity contribution in [3.05, 3.63) is 0 Å². The summed E-state index contributed by atoms with van der Waals surface area (Å²) in [6.45, 7) is 2.65. The highest BCUT2D eigenvalue weighted by Gasteiger charge is 2.96. The molecule has 1 spiro atoms. The SMILES string of the molecule is CC12CC3C4C5CC6C4C(C1)C32C1(N)C5C2CCC(C2)C61. The summed E-state index contributed by atoms with van der Waals surface area (Å²) < 4.78 is 0. The Morgan fingerprint density at radius 2 is 1.43 bits per heavy atom. The Balaban J connectivity index is 1.52. The van der Waals surface area contributed by atoms with E-state index in [2.05, 4.69) is 6.92 Å². The molecular formula is C20H27N. The number of fused-ring (bicyclic) bond motifs is 6. The number of rotatable bonds is 0. The Bertz CT molecular complexity index is 581. The van der Waals surface area contributed by atoms with Gasteiger partial charge in [-0.1, -0.05) is 6.92 Å². The van der Waals surface area contributed by atoms with Crippen LogP contribution in [-0.2, 0) is 0 Å². The van der Waals surface area contributed by atoms with Crippen molar-refractivity contribution in [2.24, 2.45) is 75.7 Å². The van der Waals surface area contributed by atoms with Crippen LogP contribution in [0.3, 0.4) is 0 Å². The van der Waals surface area contributed by atoms with E-state index in [0.29, 0.717) is 16.4 Å². The van der Waals surface area contributed by atoms with Gasteiger partial charge >= 0.3 is 0 Å². The summed E-state index contributed by atoms with van der Waals surface area (Å²) in [4.78, 5) is 0. The van der Waals surface area contributed by atoms with Gasteiger partial charge < -0.3 is 5.73 Å². The second kappa shape index (κ2) is 2.46. The molecule has 0 heterocycles. The van der Waals surface area contributed by atoms with E-state index in [0.717, 1.165) is 59.2 Å². The minimum absolute atomic E-state index is 0.314. The molecule has 0 amide bonds. The van der Waals surface area contributed by atoms with Crippen molar-refractivity contribution in [3.63, 3.8) is 0 Å². The molecule has 0 aliphatic heterocycles. The fourth-order valence-corrected chi connectivity index (χ4v) is 12.4. The van der Waals surface area contributed by atoms with E-state index in [9.17, 15) is 0 Å². The van der Waals surface area contributed by atoms with Crippen LogP contribution < -0.4 is 5.73 Å². The molecule has 10 atom stereocenters. The molecule has 8 fully saturated rings. The number of nitrogens with two attached hydrogens (primary N) is 1. The van der Waals surface area contributed by atoms with Crippen LogP contribution in [0, 0.1) is 70.0 Å². The molecule has 21 heavy (non-hydrogen) atoms. The largest absolute Gasteiger partial charge is 0.324 e. The van der Waals surface area contributed by atoms with Crippen LogP contribution in [-0.4, -0.2) is 5.54 Å². The lowest BCUT2D eigenvalue weighted by Gasteiger charge is -2.86. The van der Waals surface area contributed by atoms with E-state index in [1.165, 1.54) is 0 Å². The maximum atomic E-state index is 7.65. The van der Waals surface area contributed by atoms with Gasteiger partial charge in [0.2, 0.25) is 0 Å². The Morgan fingerprint density at radius 1 is 0.857 bits per heavy atom. The first kappa shape index (κ1) is 10.7. The van der Waals surface area contributed by atoms with Gasteiger partial charge in [0, 0.05) is 11.0 Å². The molecule has 0 radical (unpaired) electrons. The molecule has 1 nitrogen and oxygen atoms in total. The highest BCUT2D eigenvalue weighted by Crippen LogP contribution is 2.97. The topological polar surface area (TPSA) is 26.0 Å². The molecule has 10 unspecified atom stereocenters. The first-order chi connectivity index (χ1) is 10.1. The molecule has 5 bridgehead atoms. The molecule has 0 aromatic heterocycles. The first-order valence-corrected chi connectivity index (χ1v) is 9.92. The summed E-state index contributed by atoms with van der Waals surface area (Å²) >= 11 is 0. The standard InChI is InChI=1S/C20H27N/c1-18-6-12-14-10-5-11-15(14)13(7-18)19(12,18)20(21)16(10)8-2-3-9(4-8)17(11)20/h8-17H,2-7,21H2,1H3. The molecule has 1 heteroatoms. The molecule has 0 aromatic rings. The summed E-state index contributed by atoms with van der Waals surface area (Å²) in [6, 6.07) is 0. The zero-order valence-corrected chi connectivity index (χ0v) is 13.1. The van der Waals surface area contributed by atoms with Gasteiger partial charge in [-0.25, -0.2) is 0 Å². The van der Waals surface area contributed by atoms with Crippen molar-refractivity contribution in [1.82, 2.24) is 0 Å². The van der Waals surface area contributed by atoms with E-state index in [4.69, 9.17) is 5.73 Å². The average Bonchev–Trinajstić information content (AvgIpc) is 2.98. The molecule has 8 saturated carbocycles. The van der Waals surface area contributed by atoms with Crippen LogP contribution in [0.2, 0.25) is 0 Å². The zero-order chi connectivity index (χ0) is 13.5. The summed E-state index contributed by atoms with van der Waals surface area (Å²) in [5, 5.41) is 0. The van der Waals surface area contributed by atoms with Crippen molar-refractivity contribution in [1.29, 1.82) is 0 Å². The Hall–Kier alpha value is -0.0400. The molecule has 112 valence electrons. The van der Waals surface area contributed by atoms with Gasteiger partial charge in [-0.05, 0) is 103 Å². The third kappa shape index (κ3) is 0.632. The van der Waals surface area contributed by atoms with Gasteiger partial charge in [0.1, 0.15) is 0 Å². The quantitative estimate of drug-likeness (QED) is 0.724. The molecular weight excluding hydrogens is 254 g/mol. The lowest BCUT2D eigenvalue weighted by Crippen LogP contribution is -2.89.